The number of imidazole rings is 1. The van der Waals surface area contributed by atoms with Gasteiger partial charge in [-0.1, -0.05) is 52.3 Å². The molecule has 0 fully saturated rings. The molecule has 1 atom stereocenters. The van der Waals surface area contributed by atoms with Gasteiger partial charge in [0.15, 0.2) is 0 Å². The highest BCUT2D eigenvalue weighted by molar-refractivity contribution is 9.10. The summed E-state index contributed by atoms with van der Waals surface area (Å²) in [5, 5.41) is 2.92. The number of hydrogen-bond acceptors (Lipinski definition) is 3. The molecule has 0 bridgehead atoms. The molecule has 0 radical (unpaired) electrons. The van der Waals surface area contributed by atoms with Crippen molar-refractivity contribution in [3.8, 4) is 11.4 Å². The predicted molar refractivity (Wildman–Crippen MR) is 117 cm³/mol. The van der Waals surface area contributed by atoms with Gasteiger partial charge < -0.3 is 14.6 Å². The molecule has 150 valence electrons. The van der Waals surface area contributed by atoms with E-state index in [0.717, 1.165) is 21.4 Å². The Balaban J connectivity index is 1.73. The van der Waals surface area contributed by atoms with Crippen molar-refractivity contribution in [2.24, 2.45) is 0 Å². The Bertz CT molecular complexity index is 1040. The summed E-state index contributed by atoms with van der Waals surface area (Å²) in [6, 6.07) is 16.7. The van der Waals surface area contributed by atoms with Crippen molar-refractivity contribution in [1.29, 1.82) is 0 Å². The van der Waals surface area contributed by atoms with E-state index in [9.17, 15) is 4.79 Å². The summed E-state index contributed by atoms with van der Waals surface area (Å²) in [7, 11) is 0. The Labute approximate surface area is 179 Å². The molecule has 1 aliphatic heterocycles. The fourth-order valence-corrected chi connectivity index (χ4v) is 4.32. The average Bonchev–Trinajstić information content (AvgIpc) is 3.23. The van der Waals surface area contributed by atoms with E-state index in [1.807, 2.05) is 39.2 Å². The van der Waals surface area contributed by atoms with Crippen LogP contribution in [0.4, 0.5) is 4.79 Å². The molecule has 3 aromatic rings. The normalized spacial score (nSPS) is 17.5. The first-order valence-corrected chi connectivity index (χ1v) is 10.5. The number of hydrogen-bond donors (Lipinski definition) is 1. The second-order valence-electron chi connectivity index (χ2n) is 8.21. The summed E-state index contributed by atoms with van der Waals surface area (Å²) in [5.41, 5.74) is 2.49. The number of carbonyl (C=O) groups is 1. The van der Waals surface area contributed by atoms with Crippen LogP contribution in [0.15, 0.2) is 65.4 Å². The number of carbonyl (C=O) groups excluding carboxylic acids is 1. The molecule has 29 heavy (non-hydrogen) atoms. The first kappa shape index (κ1) is 19.7. The molecule has 2 heterocycles. The van der Waals surface area contributed by atoms with Crippen LogP contribution < -0.4 is 5.32 Å². The van der Waals surface area contributed by atoms with Crippen molar-refractivity contribution in [2.45, 2.75) is 38.3 Å². The predicted octanol–water partition coefficient (Wildman–Crippen LogP) is 5.33. The highest BCUT2D eigenvalue weighted by Crippen LogP contribution is 2.48. The maximum Gasteiger partial charge on any atom is 0.407 e. The first-order chi connectivity index (χ1) is 13.8. The zero-order valence-electron chi connectivity index (χ0n) is 16.8. The second kappa shape index (κ2) is 7.34. The van der Waals surface area contributed by atoms with Crippen molar-refractivity contribution in [2.75, 3.05) is 6.54 Å². The van der Waals surface area contributed by atoms with Gasteiger partial charge in [0.2, 0.25) is 0 Å². The van der Waals surface area contributed by atoms with Crippen LogP contribution in [0.2, 0.25) is 0 Å². The number of halogens is 1. The quantitative estimate of drug-likeness (QED) is 0.580. The van der Waals surface area contributed by atoms with E-state index in [0.29, 0.717) is 13.0 Å². The number of fused-ring (bicyclic) bond motifs is 3. The Hall–Kier alpha value is -2.60. The standard InChI is InChI=1S/C23H24BrN3O2/c1-22(2,3)29-21(28)26-13-12-23(16-8-10-17(24)11-9-16)19-7-5-4-6-18(19)20-25-14-15-27(20)23/h4-11,14-15H,12-13H2,1-3H3,(H,26,28). The zero-order valence-corrected chi connectivity index (χ0v) is 18.4. The Morgan fingerprint density at radius 1 is 1.17 bits per heavy atom. The molecule has 2 aromatic carbocycles. The van der Waals surface area contributed by atoms with Crippen molar-refractivity contribution in [1.82, 2.24) is 14.9 Å². The number of aromatic nitrogens is 2. The number of amides is 1. The molecule has 1 aliphatic rings. The number of rotatable bonds is 4. The van der Waals surface area contributed by atoms with Crippen molar-refractivity contribution in [3.05, 3.63) is 76.5 Å². The van der Waals surface area contributed by atoms with Crippen molar-refractivity contribution in [3.63, 3.8) is 0 Å². The average molecular weight is 454 g/mol. The summed E-state index contributed by atoms with van der Waals surface area (Å²) in [4.78, 5) is 16.8. The summed E-state index contributed by atoms with van der Waals surface area (Å²) >= 11 is 3.53. The van der Waals surface area contributed by atoms with Crippen LogP contribution >= 0.6 is 15.9 Å². The fraction of sp³-hybridized carbons (Fsp3) is 0.304. The third-order valence-corrected chi connectivity index (χ3v) is 5.67. The highest BCUT2D eigenvalue weighted by atomic mass is 79.9. The topological polar surface area (TPSA) is 56.1 Å². The SMILES string of the molecule is CC(C)(C)OC(=O)NCCC1(c2ccc(Br)cc2)c2ccccc2-c2nccn21. The first-order valence-electron chi connectivity index (χ1n) is 9.68. The lowest BCUT2D eigenvalue weighted by Gasteiger charge is -2.34. The third-order valence-electron chi connectivity index (χ3n) is 5.14. The van der Waals surface area contributed by atoms with Crippen LogP contribution in [0.3, 0.4) is 0 Å². The van der Waals surface area contributed by atoms with E-state index in [4.69, 9.17) is 4.74 Å². The maximum absolute atomic E-state index is 12.2. The highest BCUT2D eigenvalue weighted by Gasteiger charge is 2.44. The molecule has 0 saturated carbocycles. The number of benzene rings is 2. The Morgan fingerprint density at radius 3 is 2.62 bits per heavy atom. The summed E-state index contributed by atoms with van der Waals surface area (Å²) in [6.45, 7) is 6.06. The lowest BCUT2D eigenvalue weighted by Crippen LogP contribution is -2.39. The van der Waals surface area contributed by atoms with Crippen molar-refractivity contribution < 1.29 is 9.53 Å². The molecule has 1 amide bonds. The smallest absolute Gasteiger partial charge is 0.407 e. The van der Waals surface area contributed by atoms with E-state index in [1.165, 1.54) is 5.56 Å². The van der Waals surface area contributed by atoms with Gasteiger partial charge in [-0.25, -0.2) is 9.78 Å². The van der Waals surface area contributed by atoms with Crippen LogP contribution in [-0.2, 0) is 10.3 Å². The van der Waals surface area contributed by atoms with Gasteiger partial charge in [0.25, 0.3) is 0 Å². The molecule has 1 aromatic heterocycles. The van der Waals surface area contributed by atoms with Crippen molar-refractivity contribution >= 4 is 22.0 Å². The molecule has 4 rings (SSSR count). The zero-order chi connectivity index (χ0) is 20.6. The Kier molecular flexibility index (Phi) is 4.99. The number of ether oxygens (including phenoxy) is 1. The molecular weight excluding hydrogens is 430 g/mol. The van der Waals surface area contributed by atoms with Gasteiger partial charge in [-0.3, -0.25) is 0 Å². The molecule has 5 nitrogen and oxygen atoms in total. The largest absolute Gasteiger partial charge is 0.444 e. The van der Waals surface area contributed by atoms with Crippen LogP contribution in [0, 0.1) is 0 Å². The lowest BCUT2D eigenvalue weighted by atomic mass is 9.80. The lowest BCUT2D eigenvalue weighted by molar-refractivity contribution is 0.0524. The summed E-state index contributed by atoms with van der Waals surface area (Å²) < 4.78 is 8.65. The van der Waals surface area contributed by atoms with E-state index in [-0.39, 0.29) is 0 Å². The molecule has 0 aliphatic carbocycles. The monoisotopic (exact) mass is 453 g/mol. The fourth-order valence-electron chi connectivity index (χ4n) is 4.06. The van der Waals surface area contributed by atoms with Crippen LogP contribution in [0.1, 0.15) is 38.3 Å². The number of nitrogens with one attached hydrogen (secondary N) is 1. The molecular formula is C23H24BrN3O2. The summed E-state index contributed by atoms with van der Waals surface area (Å²) in [6.07, 6.45) is 4.12. The van der Waals surface area contributed by atoms with E-state index >= 15 is 0 Å². The van der Waals surface area contributed by atoms with Crippen LogP contribution in [0.5, 0.6) is 0 Å². The van der Waals surface area contributed by atoms with Gasteiger partial charge in [0.1, 0.15) is 11.4 Å². The van der Waals surface area contributed by atoms with Gasteiger partial charge in [-0.2, -0.15) is 0 Å². The number of nitrogens with zero attached hydrogens (tertiary/aromatic N) is 2. The summed E-state index contributed by atoms with van der Waals surface area (Å²) in [5.74, 6) is 0.945. The van der Waals surface area contributed by atoms with E-state index in [2.05, 4.69) is 73.3 Å². The van der Waals surface area contributed by atoms with Gasteiger partial charge in [-0.15, -0.1) is 0 Å². The molecule has 0 spiro atoms. The number of alkyl carbamates (subject to hydrolysis) is 1. The molecule has 1 N–H and O–H groups in total. The van der Waals surface area contributed by atoms with Crippen LogP contribution in [0.25, 0.3) is 11.4 Å². The molecule has 6 heteroatoms. The van der Waals surface area contributed by atoms with Gasteiger partial charge >= 0.3 is 6.09 Å². The minimum absolute atomic E-state index is 0.402. The third kappa shape index (κ3) is 3.57. The molecule has 1 unspecified atom stereocenters. The minimum atomic E-state index is -0.523. The Morgan fingerprint density at radius 2 is 1.90 bits per heavy atom. The maximum atomic E-state index is 12.2. The van der Waals surface area contributed by atoms with Crippen LogP contribution in [-0.4, -0.2) is 27.8 Å². The van der Waals surface area contributed by atoms with Gasteiger partial charge in [0.05, 0.1) is 5.54 Å². The van der Waals surface area contributed by atoms with Gasteiger partial charge in [-0.05, 0) is 50.5 Å². The second-order valence-corrected chi connectivity index (χ2v) is 9.13. The van der Waals surface area contributed by atoms with Gasteiger partial charge in [0, 0.05) is 29.0 Å². The van der Waals surface area contributed by atoms with E-state index < -0.39 is 17.2 Å². The molecule has 0 saturated heterocycles. The minimum Gasteiger partial charge on any atom is -0.444 e. The van der Waals surface area contributed by atoms with E-state index in [1.54, 1.807) is 0 Å².